The number of methoxy groups -OCH3 is 1. The molecular formula is C19H21N5O2. The van der Waals surface area contributed by atoms with E-state index in [4.69, 9.17) is 4.74 Å². The van der Waals surface area contributed by atoms with E-state index in [2.05, 4.69) is 20.4 Å². The quantitative estimate of drug-likeness (QED) is 0.740. The van der Waals surface area contributed by atoms with Crippen LogP contribution < -0.4 is 4.74 Å². The van der Waals surface area contributed by atoms with Crippen LogP contribution in [0.5, 0.6) is 5.75 Å². The number of aromatic nitrogens is 4. The molecule has 7 heteroatoms. The van der Waals surface area contributed by atoms with Crippen LogP contribution in [-0.2, 0) is 19.4 Å². The number of H-pyrrole nitrogens is 2. The maximum Gasteiger partial charge on any atom is 0.257 e. The summed E-state index contributed by atoms with van der Waals surface area (Å²) in [6.45, 7) is 0.480. The first-order chi connectivity index (χ1) is 12.7. The first-order valence-electron chi connectivity index (χ1n) is 8.65. The lowest BCUT2D eigenvalue weighted by atomic mass is 10.1. The van der Waals surface area contributed by atoms with E-state index < -0.39 is 0 Å². The van der Waals surface area contributed by atoms with Crippen molar-refractivity contribution in [2.45, 2.75) is 25.8 Å². The average Bonchev–Trinajstić information content (AvgIpc) is 3.39. The SMILES string of the molecule is COc1cccc(-c2[nH]ncc2C(=O)N(C)Cc2n[nH]c3c2CCC3)c1. The lowest BCUT2D eigenvalue weighted by Crippen LogP contribution is -2.27. The first-order valence-corrected chi connectivity index (χ1v) is 8.65. The lowest BCUT2D eigenvalue weighted by molar-refractivity contribution is 0.0784. The Labute approximate surface area is 151 Å². The summed E-state index contributed by atoms with van der Waals surface area (Å²) in [4.78, 5) is 14.7. The van der Waals surface area contributed by atoms with Crippen molar-refractivity contribution >= 4 is 5.91 Å². The zero-order chi connectivity index (χ0) is 18.1. The van der Waals surface area contributed by atoms with Crippen LogP contribution in [0.1, 0.15) is 33.7 Å². The van der Waals surface area contributed by atoms with E-state index in [9.17, 15) is 4.79 Å². The fourth-order valence-corrected chi connectivity index (χ4v) is 3.47. The number of amides is 1. The van der Waals surface area contributed by atoms with Crippen LogP contribution in [0.2, 0.25) is 0 Å². The minimum Gasteiger partial charge on any atom is -0.497 e. The molecule has 1 aliphatic rings. The Morgan fingerprint density at radius 2 is 2.19 bits per heavy atom. The normalized spacial score (nSPS) is 12.8. The number of benzene rings is 1. The molecule has 134 valence electrons. The third-order valence-corrected chi connectivity index (χ3v) is 4.85. The highest BCUT2D eigenvalue weighted by atomic mass is 16.5. The lowest BCUT2D eigenvalue weighted by Gasteiger charge is -2.16. The molecule has 1 aromatic carbocycles. The van der Waals surface area contributed by atoms with E-state index in [1.54, 1.807) is 25.3 Å². The zero-order valence-electron chi connectivity index (χ0n) is 14.9. The number of hydrogen-bond donors (Lipinski definition) is 2. The smallest absolute Gasteiger partial charge is 0.257 e. The highest BCUT2D eigenvalue weighted by Crippen LogP contribution is 2.27. The Kier molecular flexibility index (Phi) is 4.20. The Hall–Kier alpha value is -3.09. The summed E-state index contributed by atoms with van der Waals surface area (Å²) in [5.41, 5.74) is 5.52. The zero-order valence-corrected chi connectivity index (χ0v) is 14.9. The predicted octanol–water partition coefficient (Wildman–Crippen LogP) is 2.57. The average molecular weight is 351 g/mol. The molecule has 0 bridgehead atoms. The van der Waals surface area contributed by atoms with Gasteiger partial charge < -0.3 is 9.64 Å². The molecule has 3 aromatic rings. The summed E-state index contributed by atoms with van der Waals surface area (Å²) in [7, 11) is 3.41. The molecule has 0 aliphatic heterocycles. The van der Waals surface area contributed by atoms with Gasteiger partial charge in [0.05, 0.1) is 36.8 Å². The van der Waals surface area contributed by atoms with Gasteiger partial charge in [-0.25, -0.2) is 0 Å². The van der Waals surface area contributed by atoms with Crippen LogP contribution in [0, 0.1) is 0 Å². The van der Waals surface area contributed by atoms with Gasteiger partial charge >= 0.3 is 0 Å². The minimum atomic E-state index is -0.0914. The number of aryl methyl sites for hydroxylation is 1. The van der Waals surface area contributed by atoms with E-state index >= 15 is 0 Å². The van der Waals surface area contributed by atoms with Crippen molar-refractivity contribution in [3.05, 3.63) is 53.0 Å². The van der Waals surface area contributed by atoms with Crippen molar-refractivity contribution in [1.29, 1.82) is 0 Å². The van der Waals surface area contributed by atoms with Crippen molar-refractivity contribution in [1.82, 2.24) is 25.3 Å². The summed E-state index contributed by atoms with van der Waals surface area (Å²) in [5.74, 6) is 0.641. The van der Waals surface area contributed by atoms with Crippen LogP contribution in [-0.4, -0.2) is 45.4 Å². The van der Waals surface area contributed by atoms with Gasteiger partial charge in [0.2, 0.25) is 0 Å². The molecule has 0 fully saturated rings. The molecule has 4 rings (SSSR count). The fourth-order valence-electron chi connectivity index (χ4n) is 3.47. The number of fused-ring (bicyclic) bond motifs is 1. The van der Waals surface area contributed by atoms with Crippen molar-refractivity contribution < 1.29 is 9.53 Å². The molecule has 0 saturated heterocycles. The van der Waals surface area contributed by atoms with E-state index in [0.717, 1.165) is 36.3 Å². The molecule has 0 atom stereocenters. The van der Waals surface area contributed by atoms with Gasteiger partial charge in [-0.15, -0.1) is 0 Å². The van der Waals surface area contributed by atoms with Gasteiger partial charge in [-0.2, -0.15) is 10.2 Å². The molecule has 2 N–H and O–H groups in total. The van der Waals surface area contributed by atoms with Gasteiger partial charge in [0.15, 0.2) is 0 Å². The summed E-state index contributed by atoms with van der Waals surface area (Å²) in [6, 6.07) is 7.56. The Morgan fingerprint density at radius 1 is 1.31 bits per heavy atom. The van der Waals surface area contributed by atoms with Crippen LogP contribution in [0.15, 0.2) is 30.5 Å². The molecule has 26 heavy (non-hydrogen) atoms. The van der Waals surface area contributed by atoms with Crippen LogP contribution in [0.25, 0.3) is 11.3 Å². The maximum absolute atomic E-state index is 13.0. The first kappa shape index (κ1) is 16.4. The van der Waals surface area contributed by atoms with E-state index in [1.807, 2.05) is 24.3 Å². The van der Waals surface area contributed by atoms with E-state index in [0.29, 0.717) is 17.8 Å². The van der Waals surface area contributed by atoms with Crippen molar-refractivity contribution in [3.63, 3.8) is 0 Å². The molecular weight excluding hydrogens is 330 g/mol. The molecule has 0 saturated carbocycles. The molecule has 2 heterocycles. The number of carbonyl (C=O) groups is 1. The third-order valence-electron chi connectivity index (χ3n) is 4.85. The summed E-state index contributed by atoms with van der Waals surface area (Å²) < 4.78 is 5.27. The van der Waals surface area contributed by atoms with Crippen LogP contribution in [0.4, 0.5) is 0 Å². The number of rotatable bonds is 5. The number of nitrogens with one attached hydrogen (secondary N) is 2. The Morgan fingerprint density at radius 3 is 3.04 bits per heavy atom. The maximum atomic E-state index is 13.0. The van der Waals surface area contributed by atoms with Crippen molar-refractivity contribution in [2.24, 2.45) is 0 Å². The second-order valence-corrected chi connectivity index (χ2v) is 6.53. The molecule has 7 nitrogen and oxygen atoms in total. The minimum absolute atomic E-state index is 0.0914. The van der Waals surface area contributed by atoms with Crippen LogP contribution in [0.3, 0.4) is 0 Å². The number of nitrogens with zero attached hydrogens (tertiary/aromatic N) is 3. The van der Waals surface area contributed by atoms with E-state index in [-0.39, 0.29) is 5.91 Å². The highest BCUT2D eigenvalue weighted by molar-refractivity contribution is 5.99. The summed E-state index contributed by atoms with van der Waals surface area (Å²) in [6.07, 6.45) is 4.80. The monoisotopic (exact) mass is 351 g/mol. The second-order valence-electron chi connectivity index (χ2n) is 6.53. The molecule has 0 radical (unpaired) electrons. The second kappa shape index (κ2) is 6.67. The van der Waals surface area contributed by atoms with Gasteiger partial charge in [0, 0.05) is 18.3 Å². The van der Waals surface area contributed by atoms with Crippen LogP contribution >= 0.6 is 0 Å². The van der Waals surface area contributed by atoms with Crippen molar-refractivity contribution in [3.8, 4) is 17.0 Å². The number of aromatic amines is 2. The molecule has 0 spiro atoms. The predicted molar refractivity (Wildman–Crippen MR) is 97.0 cm³/mol. The topological polar surface area (TPSA) is 86.9 Å². The number of hydrogen-bond acceptors (Lipinski definition) is 4. The summed E-state index contributed by atoms with van der Waals surface area (Å²) >= 11 is 0. The molecule has 1 aliphatic carbocycles. The molecule has 1 amide bonds. The standard InChI is InChI=1S/C19H21N5O2/c1-24(11-17-14-7-4-8-16(14)21-22-17)19(25)15-10-20-23-18(15)12-5-3-6-13(9-12)26-2/h3,5-6,9-10H,4,7-8,11H2,1-2H3,(H,20,23)(H,21,22). The molecule has 0 unspecified atom stereocenters. The van der Waals surface area contributed by atoms with Gasteiger partial charge in [0.25, 0.3) is 5.91 Å². The Balaban J connectivity index is 1.57. The third kappa shape index (κ3) is 2.85. The Bertz CT molecular complexity index is 943. The van der Waals surface area contributed by atoms with Gasteiger partial charge in [-0.05, 0) is 37.0 Å². The van der Waals surface area contributed by atoms with Gasteiger partial charge in [-0.3, -0.25) is 15.0 Å². The highest BCUT2D eigenvalue weighted by Gasteiger charge is 2.23. The number of carbonyl (C=O) groups excluding carboxylic acids is 1. The largest absolute Gasteiger partial charge is 0.497 e. The van der Waals surface area contributed by atoms with Crippen molar-refractivity contribution in [2.75, 3.05) is 14.2 Å². The fraction of sp³-hybridized carbons (Fsp3) is 0.316. The number of ether oxygens (including phenoxy) is 1. The van der Waals surface area contributed by atoms with Gasteiger partial charge in [0.1, 0.15) is 5.75 Å². The van der Waals surface area contributed by atoms with Gasteiger partial charge in [-0.1, -0.05) is 12.1 Å². The molecule has 2 aromatic heterocycles. The summed E-state index contributed by atoms with van der Waals surface area (Å²) in [5, 5.41) is 14.5. The van der Waals surface area contributed by atoms with E-state index in [1.165, 1.54) is 11.3 Å².